The SMILES string of the molecule is Cc1c(N)cccc1C(=O)NC(C)Cc1ccco1. The Morgan fingerprint density at radius 3 is 2.84 bits per heavy atom. The summed E-state index contributed by atoms with van der Waals surface area (Å²) in [6.45, 7) is 3.80. The van der Waals surface area contributed by atoms with Crippen molar-refractivity contribution in [1.29, 1.82) is 0 Å². The van der Waals surface area contributed by atoms with Gasteiger partial charge >= 0.3 is 0 Å². The maximum absolute atomic E-state index is 12.2. The molecule has 0 aliphatic rings. The second-order valence-electron chi connectivity index (χ2n) is 4.68. The van der Waals surface area contributed by atoms with E-state index in [-0.39, 0.29) is 11.9 Å². The van der Waals surface area contributed by atoms with E-state index >= 15 is 0 Å². The summed E-state index contributed by atoms with van der Waals surface area (Å²) in [5, 5.41) is 2.95. The molecule has 3 N–H and O–H groups in total. The minimum absolute atomic E-state index is 0.000481. The number of hydrogen-bond acceptors (Lipinski definition) is 3. The molecule has 0 spiro atoms. The Hall–Kier alpha value is -2.23. The fraction of sp³-hybridized carbons (Fsp3) is 0.267. The van der Waals surface area contributed by atoms with Crippen molar-refractivity contribution in [1.82, 2.24) is 5.32 Å². The van der Waals surface area contributed by atoms with Gasteiger partial charge in [0.15, 0.2) is 0 Å². The van der Waals surface area contributed by atoms with Crippen LogP contribution in [0.3, 0.4) is 0 Å². The Labute approximate surface area is 112 Å². The van der Waals surface area contributed by atoms with Crippen molar-refractivity contribution < 1.29 is 9.21 Å². The molecule has 1 amide bonds. The van der Waals surface area contributed by atoms with Crippen LogP contribution in [0.2, 0.25) is 0 Å². The smallest absolute Gasteiger partial charge is 0.251 e. The van der Waals surface area contributed by atoms with E-state index in [2.05, 4.69) is 5.32 Å². The quantitative estimate of drug-likeness (QED) is 0.828. The van der Waals surface area contributed by atoms with E-state index in [1.54, 1.807) is 24.5 Å². The molecule has 0 saturated heterocycles. The van der Waals surface area contributed by atoms with E-state index in [0.29, 0.717) is 17.7 Å². The molecule has 0 bridgehead atoms. The Morgan fingerprint density at radius 1 is 1.37 bits per heavy atom. The van der Waals surface area contributed by atoms with Gasteiger partial charge in [0, 0.05) is 23.7 Å². The van der Waals surface area contributed by atoms with Gasteiger partial charge in [0.1, 0.15) is 5.76 Å². The molecule has 0 fully saturated rings. The summed E-state index contributed by atoms with van der Waals surface area (Å²) in [5.41, 5.74) is 7.86. The van der Waals surface area contributed by atoms with Gasteiger partial charge in [0.2, 0.25) is 0 Å². The first-order valence-electron chi connectivity index (χ1n) is 6.26. The Balaban J connectivity index is 2.02. The van der Waals surface area contributed by atoms with Crippen molar-refractivity contribution in [3.05, 3.63) is 53.5 Å². The number of anilines is 1. The van der Waals surface area contributed by atoms with E-state index < -0.39 is 0 Å². The van der Waals surface area contributed by atoms with Gasteiger partial charge in [-0.15, -0.1) is 0 Å². The van der Waals surface area contributed by atoms with Gasteiger partial charge in [0.25, 0.3) is 5.91 Å². The second kappa shape index (κ2) is 5.61. The number of nitrogens with one attached hydrogen (secondary N) is 1. The number of rotatable bonds is 4. The zero-order valence-corrected chi connectivity index (χ0v) is 11.1. The summed E-state index contributed by atoms with van der Waals surface area (Å²) in [6, 6.07) is 9.09. The van der Waals surface area contributed by atoms with Crippen LogP contribution in [0, 0.1) is 6.92 Å². The third-order valence-electron chi connectivity index (χ3n) is 3.09. The van der Waals surface area contributed by atoms with Gasteiger partial charge in [-0.2, -0.15) is 0 Å². The maximum Gasteiger partial charge on any atom is 0.251 e. The normalized spacial score (nSPS) is 12.1. The minimum atomic E-state index is -0.108. The third-order valence-corrected chi connectivity index (χ3v) is 3.09. The van der Waals surface area contributed by atoms with Gasteiger partial charge in [0.05, 0.1) is 6.26 Å². The molecule has 0 aliphatic carbocycles. The minimum Gasteiger partial charge on any atom is -0.469 e. The first kappa shape index (κ1) is 13.2. The largest absolute Gasteiger partial charge is 0.469 e. The number of nitrogens with two attached hydrogens (primary N) is 1. The van der Waals surface area contributed by atoms with Crippen molar-refractivity contribution in [3.63, 3.8) is 0 Å². The van der Waals surface area contributed by atoms with E-state index in [1.807, 2.05) is 26.0 Å². The standard InChI is InChI=1S/C15H18N2O2/c1-10(9-12-5-4-8-19-12)17-15(18)13-6-3-7-14(16)11(13)2/h3-8,10H,9,16H2,1-2H3,(H,17,18). The molecular weight excluding hydrogens is 240 g/mol. The molecule has 1 aromatic carbocycles. The molecule has 0 saturated carbocycles. The van der Waals surface area contributed by atoms with Crippen LogP contribution in [0.1, 0.15) is 28.6 Å². The van der Waals surface area contributed by atoms with E-state index in [0.717, 1.165) is 11.3 Å². The van der Waals surface area contributed by atoms with Gasteiger partial charge in [-0.1, -0.05) is 6.07 Å². The predicted octanol–water partition coefficient (Wildman–Crippen LogP) is 2.53. The zero-order chi connectivity index (χ0) is 13.8. The summed E-state index contributed by atoms with van der Waals surface area (Å²) >= 11 is 0. The van der Waals surface area contributed by atoms with Crippen LogP contribution < -0.4 is 11.1 Å². The number of carbonyl (C=O) groups excluding carboxylic acids is 1. The number of furan rings is 1. The van der Waals surface area contributed by atoms with Crippen LogP contribution in [0.5, 0.6) is 0 Å². The molecule has 1 unspecified atom stereocenters. The highest BCUT2D eigenvalue weighted by atomic mass is 16.3. The number of nitrogen functional groups attached to an aromatic ring is 1. The lowest BCUT2D eigenvalue weighted by Crippen LogP contribution is -2.34. The number of hydrogen-bond donors (Lipinski definition) is 2. The topological polar surface area (TPSA) is 68.3 Å². The van der Waals surface area contributed by atoms with E-state index in [4.69, 9.17) is 10.2 Å². The maximum atomic E-state index is 12.2. The average molecular weight is 258 g/mol. The fourth-order valence-corrected chi connectivity index (χ4v) is 1.98. The van der Waals surface area contributed by atoms with Crippen LogP contribution >= 0.6 is 0 Å². The van der Waals surface area contributed by atoms with Gasteiger partial charge in [-0.3, -0.25) is 4.79 Å². The summed E-state index contributed by atoms with van der Waals surface area (Å²) in [6.07, 6.45) is 2.30. The lowest BCUT2D eigenvalue weighted by atomic mass is 10.1. The molecule has 4 heteroatoms. The number of amides is 1. The Morgan fingerprint density at radius 2 is 2.16 bits per heavy atom. The van der Waals surface area contributed by atoms with Crippen molar-refractivity contribution >= 4 is 11.6 Å². The Bertz CT molecular complexity index is 562. The third kappa shape index (κ3) is 3.16. The molecule has 1 atom stereocenters. The van der Waals surface area contributed by atoms with Gasteiger partial charge < -0.3 is 15.5 Å². The summed E-state index contributed by atoms with van der Waals surface area (Å²) in [7, 11) is 0. The molecule has 19 heavy (non-hydrogen) atoms. The molecule has 4 nitrogen and oxygen atoms in total. The fourth-order valence-electron chi connectivity index (χ4n) is 1.98. The van der Waals surface area contributed by atoms with Gasteiger partial charge in [-0.05, 0) is 43.7 Å². The first-order valence-corrected chi connectivity index (χ1v) is 6.26. The molecule has 1 aromatic heterocycles. The van der Waals surface area contributed by atoms with Crippen molar-refractivity contribution in [2.45, 2.75) is 26.3 Å². The van der Waals surface area contributed by atoms with Crippen LogP contribution in [-0.4, -0.2) is 11.9 Å². The van der Waals surface area contributed by atoms with Crippen molar-refractivity contribution in [2.24, 2.45) is 0 Å². The second-order valence-corrected chi connectivity index (χ2v) is 4.68. The first-order chi connectivity index (χ1) is 9.08. The van der Waals surface area contributed by atoms with Crippen molar-refractivity contribution in [3.8, 4) is 0 Å². The zero-order valence-electron chi connectivity index (χ0n) is 11.1. The number of benzene rings is 1. The number of carbonyl (C=O) groups is 1. The highest BCUT2D eigenvalue weighted by Crippen LogP contribution is 2.15. The molecule has 2 rings (SSSR count). The summed E-state index contributed by atoms with van der Waals surface area (Å²) < 4.78 is 5.26. The predicted molar refractivity (Wildman–Crippen MR) is 74.9 cm³/mol. The van der Waals surface area contributed by atoms with Crippen LogP contribution in [0.15, 0.2) is 41.0 Å². The summed E-state index contributed by atoms with van der Waals surface area (Å²) in [4.78, 5) is 12.2. The molecule has 0 aliphatic heterocycles. The van der Waals surface area contributed by atoms with Crippen LogP contribution in [0.4, 0.5) is 5.69 Å². The lowest BCUT2D eigenvalue weighted by molar-refractivity contribution is 0.0938. The average Bonchev–Trinajstić information content (AvgIpc) is 2.85. The molecule has 1 heterocycles. The highest BCUT2D eigenvalue weighted by molar-refractivity contribution is 5.97. The van der Waals surface area contributed by atoms with E-state index in [1.165, 1.54) is 0 Å². The van der Waals surface area contributed by atoms with Crippen LogP contribution in [-0.2, 0) is 6.42 Å². The van der Waals surface area contributed by atoms with Crippen LogP contribution in [0.25, 0.3) is 0 Å². The highest BCUT2D eigenvalue weighted by Gasteiger charge is 2.14. The molecule has 100 valence electrons. The summed E-state index contributed by atoms with van der Waals surface area (Å²) in [5.74, 6) is 0.751. The molecular formula is C15H18N2O2. The monoisotopic (exact) mass is 258 g/mol. The Kier molecular flexibility index (Phi) is 3.90. The van der Waals surface area contributed by atoms with Crippen molar-refractivity contribution in [2.75, 3.05) is 5.73 Å². The molecule has 0 radical (unpaired) electrons. The van der Waals surface area contributed by atoms with Gasteiger partial charge in [-0.25, -0.2) is 0 Å². The lowest BCUT2D eigenvalue weighted by Gasteiger charge is -2.14. The molecule has 2 aromatic rings. The van der Waals surface area contributed by atoms with E-state index in [9.17, 15) is 4.79 Å².